The number of rotatable bonds is 4. The predicted octanol–water partition coefficient (Wildman–Crippen LogP) is 5.65. The van der Waals surface area contributed by atoms with Crippen LogP contribution in [0.1, 0.15) is 25.1 Å². The van der Waals surface area contributed by atoms with Gasteiger partial charge in [-0.25, -0.2) is 9.37 Å². The van der Waals surface area contributed by atoms with Crippen molar-refractivity contribution in [2.24, 2.45) is 0 Å². The van der Waals surface area contributed by atoms with E-state index < -0.39 is 5.41 Å². The van der Waals surface area contributed by atoms with Crippen LogP contribution < -0.4 is 4.74 Å². The summed E-state index contributed by atoms with van der Waals surface area (Å²) in [5, 5.41) is 0.934. The lowest BCUT2D eigenvalue weighted by molar-refractivity contribution is 0.413. The molecule has 0 saturated carbocycles. The average molecular weight is 379 g/mol. The maximum atomic E-state index is 13.3. The molecule has 0 aliphatic rings. The number of ether oxygens (including phenoxy) is 1. The molecule has 3 rings (SSSR count). The summed E-state index contributed by atoms with van der Waals surface area (Å²) < 4.78 is 20.4. The molecule has 0 aliphatic carbocycles. The van der Waals surface area contributed by atoms with Crippen molar-refractivity contribution < 1.29 is 9.13 Å². The molecule has 0 radical (unpaired) electrons. The van der Waals surface area contributed by atoms with Gasteiger partial charge in [0.05, 0.1) is 17.8 Å². The molecule has 3 aromatic rings. The smallest absolute Gasteiger partial charge is 0.151 e. The molecule has 0 unspecified atom stereocenters. The lowest BCUT2D eigenvalue weighted by atomic mass is 9.81. The van der Waals surface area contributed by atoms with Crippen molar-refractivity contribution in [3.8, 4) is 11.4 Å². The summed E-state index contributed by atoms with van der Waals surface area (Å²) in [4.78, 5) is 4.24. The summed E-state index contributed by atoms with van der Waals surface area (Å²) in [7, 11) is 1.58. The zero-order valence-corrected chi connectivity index (χ0v) is 15.6. The van der Waals surface area contributed by atoms with Crippen molar-refractivity contribution in [1.82, 2.24) is 9.55 Å². The zero-order chi connectivity index (χ0) is 18.2. The molecule has 0 spiro atoms. The highest BCUT2D eigenvalue weighted by Gasteiger charge is 2.31. The van der Waals surface area contributed by atoms with E-state index in [1.54, 1.807) is 31.6 Å². The Bertz CT molecular complexity index is 904. The van der Waals surface area contributed by atoms with Crippen molar-refractivity contribution in [3.63, 3.8) is 0 Å². The van der Waals surface area contributed by atoms with E-state index in [0.717, 1.165) is 16.9 Å². The highest BCUT2D eigenvalue weighted by molar-refractivity contribution is 6.32. The van der Waals surface area contributed by atoms with Crippen molar-refractivity contribution in [2.45, 2.75) is 19.3 Å². The highest BCUT2D eigenvalue weighted by atomic mass is 35.5. The van der Waals surface area contributed by atoms with Crippen LogP contribution in [0.5, 0.6) is 5.75 Å². The average Bonchev–Trinajstić information content (AvgIpc) is 2.98. The molecule has 3 nitrogen and oxygen atoms in total. The van der Waals surface area contributed by atoms with Crippen molar-refractivity contribution in [1.29, 1.82) is 0 Å². The maximum Gasteiger partial charge on any atom is 0.151 e. The zero-order valence-electron chi connectivity index (χ0n) is 14.1. The first-order valence-electron chi connectivity index (χ1n) is 7.68. The Labute approximate surface area is 156 Å². The molecule has 0 N–H and O–H groups in total. The standard InChI is InChI=1S/C19H17Cl2FN2O/c1-19(2,12-4-9-15(20)16(10-12)25-3)17-18(21)23-11-24(17)14-7-5-13(22)6-8-14/h4-11H,1-3H3. The van der Waals surface area contributed by atoms with Gasteiger partial charge in [0.15, 0.2) is 5.15 Å². The van der Waals surface area contributed by atoms with E-state index in [2.05, 4.69) is 4.98 Å². The minimum atomic E-state index is -0.486. The third-order valence-corrected chi connectivity index (χ3v) is 4.88. The van der Waals surface area contributed by atoms with Crippen LogP contribution in [-0.4, -0.2) is 16.7 Å². The normalized spacial score (nSPS) is 11.6. The number of benzene rings is 2. The minimum Gasteiger partial charge on any atom is -0.495 e. The van der Waals surface area contributed by atoms with E-state index in [4.69, 9.17) is 27.9 Å². The van der Waals surface area contributed by atoms with Crippen LogP contribution in [0.25, 0.3) is 5.69 Å². The van der Waals surface area contributed by atoms with Crippen LogP contribution >= 0.6 is 23.2 Å². The molecule has 6 heteroatoms. The summed E-state index contributed by atoms with van der Waals surface area (Å²) in [6.07, 6.45) is 1.64. The van der Waals surface area contributed by atoms with E-state index >= 15 is 0 Å². The Morgan fingerprint density at radius 1 is 1.08 bits per heavy atom. The third kappa shape index (κ3) is 3.24. The first kappa shape index (κ1) is 17.8. The molecule has 0 fully saturated rings. The molecule has 0 atom stereocenters. The van der Waals surface area contributed by atoms with Gasteiger partial charge in [0.2, 0.25) is 0 Å². The SMILES string of the molecule is COc1cc(C(C)(C)c2c(Cl)ncn2-c2ccc(F)cc2)ccc1Cl. The summed E-state index contributed by atoms with van der Waals surface area (Å²) >= 11 is 12.5. The fourth-order valence-corrected chi connectivity index (χ4v) is 3.43. The Morgan fingerprint density at radius 2 is 1.76 bits per heavy atom. The Kier molecular flexibility index (Phi) is 4.76. The van der Waals surface area contributed by atoms with Gasteiger partial charge >= 0.3 is 0 Å². The van der Waals surface area contributed by atoms with Gasteiger partial charge in [-0.15, -0.1) is 0 Å². The van der Waals surface area contributed by atoms with Gasteiger partial charge in [-0.05, 0) is 42.0 Å². The first-order valence-corrected chi connectivity index (χ1v) is 8.43. The fraction of sp³-hybridized carbons (Fsp3) is 0.211. The molecule has 0 amide bonds. The van der Waals surface area contributed by atoms with Crippen LogP contribution in [0.3, 0.4) is 0 Å². The summed E-state index contributed by atoms with van der Waals surface area (Å²) in [6.45, 7) is 4.08. The van der Waals surface area contributed by atoms with Crippen LogP contribution in [0.15, 0.2) is 48.8 Å². The second-order valence-corrected chi connectivity index (χ2v) is 6.97. The van der Waals surface area contributed by atoms with E-state index in [9.17, 15) is 4.39 Å². The van der Waals surface area contributed by atoms with E-state index in [0.29, 0.717) is 15.9 Å². The summed E-state index contributed by atoms with van der Waals surface area (Å²) in [5.41, 5.74) is 2.06. The highest BCUT2D eigenvalue weighted by Crippen LogP contribution is 2.39. The summed E-state index contributed by atoms with van der Waals surface area (Å²) in [6, 6.07) is 11.8. The molecule has 0 aliphatic heterocycles. The number of hydrogen-bond donors (Lipinski definition) is 0. The molecular formula is C19H17Cl2FN2O. The van der Waals surface area contributed by atoms with Gasteiger partial charge in [0.25, 0.3) is 0 Å². The second-order valence-electron chi connectivity index (χ2n) is 6.20. The molecular weight excluding hydrogens is 362 g/mol. The van der Waals surface area contributed by atoms with Crippen LogP contribution in [0, 0.1) is 5.82 Å². The van der Waals surface area contributed by atoms with Gasteiger partial charge in [0, 0.05) is 11.1 Å². The van der Waals surface area contributed by atoms with Crippen molar-refractivity contribution in [3.05, 3.63) is 76.0 Å². The quantitative estimate of drug-likeness (QED) is 0.586. The van der Waals surface area contributed by atoms with Crippen LogP contribution in [0.2, 0.25) is 10.2 Å². The molecule has 130 valence electrons. The summed E-state index contributed by atoms with van der Waals surface area (Å²) in [5.74, 6) is 0.300. The number of halogens is 3. The lowest BCUT2D eigenvalue weighted by Gasteiger charge is -2.28. The van der Waals surface area contributed by atoms with Gasteiger partial charge in [0.1, 0.15) is 17.9 Å². The number of hydrogen-bond acceptors (Lipinski definition) is 2. The van der Waals surface area contributed by atoms with E-state index in [-0.39, 0.29) is 5.82 Å². The van der Waals surface area contributed by atoms with Gasteiger partial charge in [-0.1, -0.05) is 43.1 Å². The lowest BCUT2D eigenvalue weighted by Crippen LogP contribution is -2.23. The molecule has 25 heavy (non-hydrogen) atoms. The van der Waals surface area contributed by atoms with Gasteiger partial charge in [-0.3, -0.25) is 0 Å². The molecule has 0 saturated heterocycles. The van der Waals surface area contributed by atoms with Gasteiger partial charge in [-0.2, -0.15) is 0 Å². The molecule has 1 aromatic heterocycles. The van der Waals surface area contributed by atoms with Crippen LogP contribution in [0.4, 0.5) is 4.39 Å². The Morgan fingerprint density at radius 3 is 2.40 bits per heavy atom. The van der Waals surface area contributed by atoms with Crippen LogP contribution in [-0.2, 0) is 5.41 Å². The Balaban J connectivity index is 2.15. The van der Waals surface area contributed by atoms with E-state index in [1.807, 2.05) is 30.5 Å². The molecule has 1 heterocycles. The fourth-order valence-electron chi connectivity index (χ4n) is 2.87. The largest absolute Gasteiger partial charge is 0.495 e. The molecule has 0 bridgehead atoms. The number of imidazole rings is 1. The third-order valence-electron chi connectivity index (χ3n) is 4.29. The maximum absolute atomic E-state index is 13.3. The first-order chi connectivity index (χ1) is 11.8. The number of aromatic nitrogens is 2. The molecule has 2 aromatic carbocycles. The van der Waals surface area contributed by atoms with Crippen molar-refractivity contribution >= 4 is 23.2 Å². The predicted molar refractivity (Wildman–Crippen MR) is 98.7 cm³/mol. The number of methoxy groups -OCH3 is 1. The van der Waals surface area contributed by atoms with Crippen molar-refractivity contribution in [2.75, 3.05) is 7.11 Å². The topological polar surface area (TPSA) is 27.1 Å². The second kappa shape index (κ2) is 6.70. The van der Waals surface area contributed by atoms with Gasteiger partial charge < -0.3 is 9.30 Å². The van der Waals surface area contributed by atoms with E-state index in [1.165, 1.54) is 12.1 Å². The minimum absolute atomic E-state index is 0.293. The Hall–Kier alpha value is -2.04. The number of nitrogens with zero attached hydrogens (tertiary/aromatic N) is 2. The monoisotopic (exact) mass is 378 g/mol.